The summed E-state index contributed by atoms with van der Waals surface area (Å²) in [5.41, 5.74) is 2.53. The molecule has 0 atom stereocenters. The second kappa shape index (κ2) is 15.1. The van der Waals surface area contributed by atoms with Crippen molar-refractivity contribution in [3.63, 3.8) is 0 Å². The van der Waals surface area contributed by atoms with Gasteiger partial charge in [-0.15, -0.1) is 0 Å². The van der Waals surface area contributed by atoms with E-state index in [2.05, 4.69) is 71.8 Å². The Bertz CT molecular complexity index is 1310. The first-order valence-corrected chi connectivity index (χ1v) is 14.1. The first-order chi connectivity index (χ1) is 19.4. The second-order valence-corrected chi connectivity index (χ2v) is 8.73. The summed E-state index contributed by atoms with van der Waals surface area (Å²) in [5, 5.41) is 19.2. The third kappa shape index (κ3) is 7.66. The highest BCUT2D eigenvalue weighted by Crippen LogP contribution is 2.28. The molecule has 4 aromatic heterocycles. The van der Waals surface area contributed by atoms with Gasteiger partial charge in [-0.25, -0.2) is 19.9 Å². The van der Waals surface area contributed by atoms with Gasteiger partial charge in [0.15, 0.2) is 23.3 Å². The van der Waals surface area contributed by atoms with Crippen LogP contribution in [-0.2, 0) is 0 Å². The fourth-order valence-corrected chi connectivity index (χ4v) is 3.95. The molecule has 0 aliphatic carbocycles. The van der Waals surface area contributed by atoms with Gasteiger partial charge in [0.25, 0.3) is 0 Å². The van der Waals surface area contributed by atoms with E-state index in [1.807, 2.05) is 41.5 Å². The SMILES string of the molecule is CCNc1nc(Cl)nc2c(NCC)nc(Cl)nc12.CCNc1nc(NCC)c2nc(NCC)nc(NCC)c2n1. The zero-order valence-corrected chi connectivity index (χ0v) is 25.1. The summed E-state index contributed by atoms with van der Waals surface area (Å²) >= 11 is 11.8. The first kappa shape index (κ1) is 30.8. The molecular formula is C24H36Cl2N14. The van der Waals surface area contributed by atoms with E-state index in [1.165, 1.54) is 0 Å². The van der Waals surface area contributed by atoms with Crippen molar-refractivity contribution in [2.24, 2.45) is 0 Å². The summed E-state index contributed by atoms with van der Waals surface area (Å²) in [6, 6.07) is 0. The summed E-state index contributed by atoms with van der Waals surface area (Å²) in [6.45, 7) is 16.4. The van der Waals surface area contributed by atoms with E-state index in [0.29, 0.717) is 70.3 Å². The highest BCUT2D eigenvalue weighted by atomic mass is 35.5. The molecule has 0 saturated carbocycles. The third-order valence-electron chi connectivity index (χ3n) is 5.08. The molecular weight excluding hydrogens is 555 g/mol. The van der Waals surface area contributed by atoms with Crippen LogP contribution in [0.25, 0.3) is 22.1 Å². The Morgan fingerprint density at radius 1 is 0.375 bits per heavy atom. The smallest absolute Gasteiger partial charge is 0.225 e. The van der Waals surface area contributed by atoms with Crippen LogP contribution >= 0.6 is 23.2 Å². The number of hydrogen-bond acceptors (Lipinski definition) is 14. The molecule has 0 aliphatic heterocycles. The maximum absolute atomic E-state index is 5.89. The van der Waals surface area contributed by atoms with Crippen molar-refractivity contribution in [2.45, 2.75) is 41.5 Å². The van der Waals surface area contributed by atoms with Gasteiger partial charge < -0.3 is 31.9 Å². The highest BCUT2D eigenvalue weighted by molar-refractivity contribution is 6.30. The summed E-state index contributed by atoms with van der Waals surface area (Å²) in [6.07, 6.45) is 0. The molecule has 0 saturated heterocycles. The van der Waals surface area contributed by atoms with Gasteiger partial charge >= 0.3 is 0 Å². The van der Waals surface area contributed by atoms with Gasteiger partial charge in [0.2, 0.25) is 22.5 Å². The Morgan fingerprint density at radius 2 is 0.650 bits per heavy atom. The number of nitrogens with zero attached hydrogens (tertiary/aromatic N) is 8. The minimum Gasteiger partial charge on any atom is -0.368 e. The van der Waals surface area contributed by atoms with Crippen LogP contribution in [0.5, 0.6) is 0 Å². The number of anilines is 6. The molecule has 4 aromatic rings. The molecule has 0 spiro atoms. The molecule has 0 fully saturated rings. The van der Waals surface area contributed by atoms with Gasteiger partial charge in [0.05, 0.1) is 0 Å². The van der Waals surface area contributed by atoms with E-state index in [9.17, 15) is 0 Å². The molecule has 0 amide bonds. The molecule has 4 rings (SSSR count). The van der Waals surface area contributed by atoms with E-state index in [-0.39, 0.29) is 10.6 Å². The molecule has 14 nitrogen and oxygen atoms in total. The lowest BCUT2D eigenvalue weighted by atomic mass is 10.3. The monoisotopic (exact) mass is 590 g/mol. The van der Waals surface area contributed by atoms with Gasteiger partial charge in [-0.1, -0.05) is 0 Å². The Hall–Kier alpha value is -3.78. The van der Waals surface area contributed by atoms with E-state index >= 15 is 0 Å². The summed E-state index contributed by atoms with van der Waals surface area (Å²) in [7, 11) is 0. The van der Waals surface area contributed by atoms with Gasteiger partial charge in [0.1, 0.15) is 22.1 Å². The van der Waals surface area contributed by atoms with Crippen LogP contribution in [0.3, 0.4) is 0 Å². The number of rotatable bonds is 12. The zero-order chi connectivity index (χ0) is 29.1. The molecule has 0 unspecified atom stereocenters. The second-order valence-electron chi connectivity index (χ2n) is 8.05. The van der Waals surface area contributed by atoms with Crippen LogP contribution in [0.2, 0.25) is 10.6 Å². The Labute approximate surface area is 243 Å². The van der Waals surface area contributed by atoms with Crippen molar-refractivity contribution in [2.75, 3.05) is 71.2 Å². The molecule has 0 aromatic carbocycles. The van der Waals surface area contributed by atoms with E-state index in [0.717, 1.165) is 26.2 Å². The van der Waals surface area contributed by atoms with Crippen molar-refractivity contribution in [3.05, 3.63) is 10.6 Å². The van der Waals surface area contributed by atoms with Crippen LogP contribution < -0.4 is 31.9 Å². The minimum atomic E-state index is 0.142. The van der Waals surface area contributed by atoms with Crippen molar-refractivity contribution >= 4 is 80.4 Å². The molecule has 0 bridgehead atoms. The number of aromatic nitrogens is 8. The summed E-state index contributed by atoms with van der Waals surface area (Å²) < 4.78 is 0. The fraction of sp³-hybridized carbons (Fsp3) is 0.500. The van der Waals surface area contributed by atoms with Gasteiger partial charge in [-0.2, -0.15) is 19.9 Å². The lowest BCUT2D eigenvalue weighted by molar-refractivity contribution is 1.05. The number of fused-ring (bicyclic) bond motifs is 2. The lowest BCUT2D eigenvalue weighted by Gasteiger charge is -2.13. The molecule has 40 heavy (non-hydrogen) atoms. The maximum Gasteiger partial charge on any atom is 0.225 e. The number of hydrogen-bond donors (Lipinski definition) is 6. The summed E-state index contributed by atoms with van der Waals surface area (Å²) in [5.74, 6) is 3.68. The van der Waals surface area contributed by atoms with Crippen LogP contribution in [0.1, 0.15) is 41.5 Å². The van der Waals surface area contributed by atoms with Gasteiger partial charge in [-0.3, -0.25) is 0 Å². The molecule has 0 aliphatic rings. The van der Waals surface area contributed by atoms with Crippen molar-refractivity contribution in [1.82, 2.24) is 39.9 Å². The standard InChI is InChI=1S/C14H24N8.C10H12Cl2N6/c1-5-15-11-9-10(20-13(21-11)17-7-3)12(16-6-2)22-14(19-9)18-8-4;1-3-13-7-5-6(16-9(11)17-7)8(14-4-2)18-10(12)15-5/h5-8H2,1-4H3,(H2,15,17,20,21)(H2,16,18,19,22);3-4H2,1-2H3,(H,13,16,17)(H,14,15,18). The number of nitrogens with one attached hydrogen (secondary N) is 6. The topological polar surface area (TPSA) is 175 Å². The predicted octanol–water partition coefficient (Wildman–Crippen LogP) is 4.74. The van der Waals surface area contributed by atoms with Crippen molar-refractivity contribution < 1.29 is 0 Å². The van der Waals surface area contributed by atoms with E-state index < -0.39 is 0 Å². The first-order valence-electron chi connectivity index (χ1n) is 13.3. The quantitative estimate of drug-likeness (QED) is 0.125. The van der Waals surface area contributed by atoms with Crippen LogP contribution in [0.15, 0.2) is 0 Å². The molecule has 6 N–H and O–H groups in total. The van der Waals surface area contributed by atoms with Crippen LogP contribution in [0.4, 0.5) is 35.2 Å². The largest absolute Gasteiger partial charge is 0.368 e. The Morgan fingerprint density at radius 3 is 0.950 bits per heavy atom. The number of halogens is 2. The minimum absolute atomic E-state index is 0.142. The summed E-state index contributed by atoms with van der Waals surface area (Å²) in [4.78, 5) is 34.6. The van der Waals surface area contributed by atoms with E-state index in [4.69, 9.17) is 23.2 Å². The van der Waals surface area contributed by atoms with Crippen LogP contribution in [-0.4, -0.2) is 79.1 Å². The predicted molar refractivity (Wildman–Crippen MR) is 165 cm³/mol. The molecule has 216 valence electrons. The maximum atomic E-state index is 5.89. The fourth-order valence-electron chi connectivity index (χ4n) is 3.61. The van der Waals surface area contributed by atoms with Crippen LogP contribution in [0, 0.1) is 0 Å². The average molecular weight is 592 g/mol. The van der Waals surface area contributed by atoms with Crippen molar-refractivity contribution in [1.29, 1.82) is 0 Å². The highest BCUT2D eigenvalue weighted by Gasteiger charge is 2.16. The lowest BCUT2D eigenvalue weighted by Crippen LogP contribution is -2.12. The van der Waals surface area contributed by atoms with Crippen molar-refractivity contribution in [3.8, 4) is 0 Å². The molecule has 0 radical (unpaired) electrons. The van der Waals surface area contributed by atoms with Gasteiger partial charge in [0, 0.05) is 39.3 Å². The zero-order valence-electron chi connectivity index (χ0n) is 23.6. The average Bonchev–Trinajstić information content (AvgIpc) is 2.91. The van der Waals surface area contributed by atoms with Gasteiger partial charge in [-0.05, 0) is 64.7 Å². The molecule has 4 heterocycles. The molecule has 16 heteroatoms. The third-order valence-corrected chi connectivity index (χ3v) is 5.42. The Balaban J connectivity index is 0.000000225. The van der Waals surface area contributed by atoms with E-state index in [1.54, 1.807) is 0 Å². The Kier molecular flexibility index (Phi) is 11.6. The normalized spacial score (nSPS) is 10.6.